The van der Waals surface area contributed by atoms with E-state index in [0.29, 0.717) is 35.9 Å². The van der Waals surface area contributed by atoms with E-state index < -0.39 is 5.91 Å². The maximum absolute atomic E-state index is 13.4. The van der Waals surface area contributed by atoms with Crippen LogP contribution >= 0.6 is 11.3 Å². The average molecular weight is 411 g/mol. The van der Waals surface area contributed by atoms with Crippen molar-refractivity contribution in [3.63, 3.8) is 0 Å². The average Bonchev–Trinajstić information content (AvgIpc) is 2.99. The van der Waals surface area contributed by atoms with Crippen LogP contribution in [0.3, 0.4) is 0 Å². The van der Waals surface area contributed by atoms with Crippen molar-refractivity contribution in [2.45, 2.75) is 6.54 Å². The van der Waals surface area contributed by atoms with Crippen molar-refractivity contribution >= 4 is 38.9 Å². The Morgan fingerprint density at radius 1 is 1.21 bits per heavy atom. The fourth-order valence-corrected chi connectivity index (χ4v) is 4.76. The number of rotatable bonds is 3. The van der Waals surface area contributed by atoms with Gasteiger partial charge in [-0.1, -0.05) is 24.3 Å². The molecule has 7 nitrogen and oxygen atoms in total. The summed E-state index contributed by atoms with van der Waals surface area (Å²) in [5.74, 6) is -0.0939. The first-order chi connectivity index (χ1) is 14.0. The van der Waals surface area contributed by atoms with Gasteiger partial charge in [0.1, 0.15) is 17.2 Å². The van der Waals surface area contributed by atoms with Crippen molar-refractivity contribution in [2.75, 3.05) is 32.1 Å². The maximum atomic E-state index is 13.4. The molecule has 2 heterocycles. The molecule has 4 rings (SSSR count). The Morgan fingerprint density at radius 2 is 2.00 bits per heavy atom. The predicted octanol–water partition coefficient (Wildman–Crippen LogP) is 3.12. The lowest BCUT2D eigenvalue weighted by molar-refractivity contribution is 0.0705. The van der Waals surface area contributed by atoms with E-state index in [4.69, 9.17) is 9.94 Å². The number of anilines is 1. The van der Waals surface area contributed by atoms with Gasteiger partial charge in [0.25, 0.3) is 11.8 Å². The van der Waals surface area contributed by atoms with Crippen LogP contribution in [0.5, 0.6) is 5.75 Å². The zero-order valence-electron chi connectivity index (χ0n) is 16.1. The van der Waals surface area contributed by atoms with Crippen LogP contribution in [0.2, 0.25) is 0 Å². The molecule has 29 heavy (non-hydrogen) atoms. The van der Waals surface area contributed by atoms with Gasteiger partial charge < -0.3 is 14.5 Å². The molecule has 0 spiro atoms. The molecule has 0 aliphatic carbocycles. The van der Waals surface area contributed by atoms with E-state index in [2.05, 4.69) is 0 Å². The fourth-order valence-electron chi connectivity index (χ4n) is 3.51. The van der Waals surface area contributed by atoms with Crippen molar-refractivity contribution < 1.29 is 19.5 Å². The predicted molar refractivity (Wildman–Crippen MR) is 112 cm³/mol. The number of fused-ring (bicyclic) bond motifs is 2. The molecule has 2 amide bonds. The minimum atomic E-state index is -0.602. The van der Waals surface area contributed by atoms with Crippen LogP contribution in [0, 0.1) is 0 Å². The van der Waals surface area contributed by atoms with Gasteiger partial charge >= 0.3 is 0 Å². The summed E-state index contributed by atoms with van der Waals surface area (Å²) in [5.41, 5.74) is 3.66. The highest BCUT2D eigenvalue weighted by Crippen LogP contribution is 2.38. The highest BCUT2D eigenvalue weighted by Gasteiger charge is 2.27. The van der Waals surface area contributed by atoms with Gasteiger partial charge in [-0.05, 0) is 18.2 Å². The minimum absolute atomic E-state index is 0.0384. The second-order valence-corrected chi connectivity index (χ2v) is 8.06. The Bertz CT molecular complexity index is 1090. The molecule has 0 atom stereocenters. The topological polar surface area (TPSA) is 82.1 Å². The molecule has 2 N–H and O–H groups in total. The van der Waals surface area contributed by atoms with Gasteiger partial charge in [-0.25, -0.2) is 5.48 Å². The Balaban J connectivity index is 1.68. The van der Waals surface area contributed by atoms with Crippen LogP contribution in [0.25, 0.3) is 10.1 Å². The molecule has 150 valence electrons. The minimum Gasteiger partial charge on any atom is -0.491 e. The normalized spacial score (nSPS) is 13.4. The summed E-state index contributed by atoms with van der Waals surface area (Å²) in [7, 11) is 3.89. The highest BCUT2D eigenvalue weighted by atomic mass is 32.1. The molecule has 0 saturated carbocycles. The molecule has 1 aliphatic rings. The van der Waals surface area contributed by atoms with Crippen LogP contribution in [-0.2, 0) is 6.54 Å². The number of hydrogen-bond acceptors (Lipinski definition) is 6. The van der Waals surface area contributed by atoms with Crippen molar-refractivity contribution in [2.24, 2.45) is 0 Å². The molecule has 0 fully saturated rings. The Morgan fingerprint density at radius 3 is 2.76 bits per heavy atom. The molecular weight excluding hydrogens is 390 g/mol. The first kappa shape index (κ1) is 19.2. The van der Waals surface area contributed by atoms with Crippen molar-refractivity contribution in [1.82, 2.24) is 10.4 Å². The van der Waals surface area contributed by atoms with Gasteiger partial charge in [-0.15, -0.1) is 11.3 Å². The molecule has 2 aromatic carbocycles. The number of amides is 2. The van der Waals surface area contributed by atoms with E-state index in [1.165, 1.54) is 11.3 Å². The van der Waals surface area contributed by atoms with E-state index in [1.807, 2.05) is 43.3 Å². The van der Waals surface area contributed by atoms with Crippen molar-refractivity contribution in [1.29, 1.82) is 0 Å². The summed E-state index contributed by atoms with van der Waals surface area (Å²) >= 11 is 1.50. The Labute approximate surface area is 172 Å². The number of ether oxygens (including phenoxy) is 1. The van der Waals surface area contributed by atoms with Gasteiger partial charge in [0.05, 0.1) is 12.2 Å². The van der Waals surface area contributed by atoms with E-state index in [0.717, 1.165) is 21.3 Å². The standard InChI is InChI=1S/C21H21N3O4S/c1-23(2)18-15-5-3-4-6-17(15)29-19(18)21(26)24-9-10-28-16-11-13(20(25)22-27)7-8-14(16)12-24/h3-8,11,27H,9-10,12H2,1-2H3,(H,22,25). The smallest absolute Gasteiger partial charge is 0.274 e. The summed E-state index contributed by atoms with van der Waals surface area (Å²) in [6.45, 7) is 1.15. The Hall–Kier alpha value is -3.10. The van der Waals surface area contributed by atoms with Crippen LogP contribution in [0.15, 0.2) is 42.5 Å². The molecule has 8 heteroatoms. The SMILES string of the molecule is CN(C)c1c(C(=O)N2CCOc3cc(C(=O)NO)ccc3C2)sc2ccccc12. The van der Waals surface area contributed by atoms with Crippen molar-refractivity contribution in [3.8, 4) is 5.75 Å². The summed E-state index contributed by atoms with van der Waals surface area (Å²) in [4.78, 5) is 29.5. The molecule has 1 aromatic heterocycles. The van der Waals surface area contributed by atoms with Crippen molar-refractivity contribution in [3.05, 3.63) is 58.5 Å². The summed E-state index contributed by atoms with van der Waals surface area (Å²) in [5, 5.41) is 9.89. The van der Waals surface area contributed by atoms with Gasteiger partial charge in [0, 0.05) is 41.9 Å². The molecule has 0 unspecified atom stereocenters. The monoisotopic (exact) mass is 411 g/mol. The number of carbonyl (C=O) groups excluding carboxylic acids is 2. The molecule has 1 aliphatic heterocycles. The zero-order chi connectivity index (χ0) is 20.5. The lowest BCUT2D eigenvalue weighted by Crippen LogP contribution is -2.32. The first-order valence-corrected chi connectivity index (χ1v) is 9.99. The Kier molecular flexibility index (Phi) is 5.12. The third-order valence-electron chi connectivity index (χ3n) is 4.91. The van der Waals surface area contributed by atoms with E-state index in [9.17, 15) is 9.59 Å². The summed E-state index contributed by atoms with van der Waals surface area (Å²) in [6.07, 6.45) is 0. The molecule has 0 radical (unpaired) electrons. The van der Waals surface area contributed by atoms with Gasteiger partial charge in [-0.3, -0.25) is 14.8 Å². The third-order valence-corrected chi connectivity index (χ3v) is 6.06. The summed E-state index contributed by atoms with van der Waals surface area (Å²) < 4.78 is 6.85. The van der Waals surface area contributed by atoms with Gasteiger partial charge in [-0.2, -0.15) is 0 Å². The largest absolute Gasteiger partial charge is 0.491 e. The third kappa shape index (κ3) is 3.52. The molecule has 3 aromatic rings. The first-order valence-electron chi connectivity index (χ1n) is 9.18. The van der Waals surface area contributed by atoms with Crippen LogP contribution in [0.4, 0.5) is 5.69 Å². The molecular formula is C21H21N3O4S. The second kappa shape index (κ2) is 7.73. The van der Waals surface area contributed by atoms with Gasteiger partial charge in [0.2, 0.25) is 0 Å². The second-order valence-electron chi connectivity index (χ2n) is 7.01. The maximum Gasteiger partial charge on any atom is 0.274 e. The number of thiophene rings is 1. The molecule has 0 saturated heterocycles. The van der Waals surface area contributed by atoms with Crippen LogP contribution in [0.1, 0.15) is 25.6 Å². The van der Waals surface area contributed by atoms with Crippen LogP contribution < -0.4 is 15.1 Å². The number of hydroxylamine groups is 1. The lowest BCUT2D eigenvalue weighted by atomic mass is 10.1. The van der Waals surface area contributed by atoms with E-state index >= 15 is 0 Å². The van der Waals surface area contributed by atoms with Gasteiger partial charge in [0.15, 0.2) is 0 Å². The number of carbonyl (C=O) groups is 2. The number of nitrogens with zero attached hydrogens (tertiary/aromatic N) is 2. The van der Waals surface area contributed by atoms with E-state index in [1.54, 1.807) is 28.6 Å². The lowest BCUT2D eigenvalue weighted by Gasteiger charge is -2.21. The number of nitrogens with one attached hydrogen (secondary N) is 1. The van der Waals surface area contributed by atoms with E-state index in [-0.39, 0.29) is 5.91 Å². The number of hydrogen-bond donors (Lipinski definition) is 2. The zero-order valence-corrected chi connectivity index (χ0v) is 17.0. The van der Waals surface area contributed by atoms with Crippen LogP contribution in [-0.4, -0.2) is 49.2 Å². The molecule has 0 bridgehead atoms. The quantitative estimate of drug-likeness (QED) is 0.511. The highest BCUT2D eigenvalue weighted by molar-refractivity contribution is 7.21. The number of benzene rings is 2. The fraction of sp³-hybridized carbons (Fsp3) is 0.238. The summed E-state index contributed by atoms with van der Waals surface area (Å²) in [6, 6.07) is 13.0.